The molecule has 5 heteroatoms. The van der Waals surface area contributed by atoms with Crippen LogP contribution in [0.25, 0.3) is 0 Å². The summed E-state index contributed by atoms with van der Waals surface area (Å²) in [6, 6.07) is 6.70. The molecule has 0 saturated carbocycles. The molecule has 0 unspecified atom stereocenters. The average Bonchev–Trinajstić information content (AvgIpc) is 2.17. The van der Waals surface area contributed by atoms with Gasteiger partial charge >= 0.3 is 0 Å². The Labute approximate surface area is 88.6 Å². The lowest BCUT2D eigenvalue weighted by Gasteiger charge is -2.05. The minimum absolute atomic E-state index is 0.260. The van der Waals surface area contributed by atoms with Crippen LogP contribution in [0.2, 0.25) is 0 Å². The van der Waals surface area contributed by atoms with Gasteiger partial charge in [-0.2, -0.15) is 0 Å². The van der Waals surface area contributed by atoms with Gasteiger partial charge in [-0.15, -0.1) is 0 Å². The Bertz CT molecular complexity index is 487. The number of aliphatic imine (C=N–C) groups is 1. The third-order valence-corrected chi connectivity index (χ3v) is 3.13. The lowest BCUT2D eigenvalue weighted by atomic mass is 10.1. The molecule has 0 atom stereocenters. The largest absolute Gasteiger partial charge is 0.234 e. The van der Waals surface area contributed by atoms with Crippen molar-refractivity contribution in [3.05, 3.63) is 29.8 Å². The van der Waals surface area contributed by atoms with E-state index in [0.717, 1.165) is 6.26 Å². The van der Waals surface area contributed by atoms with Crippen LogP contribution in [0.1, 0.15) is 5.56 Å². The lowest BCUT2D eigenvalue weighted by Crippen LogP contribution is -2.03. The van der Waals surface area contributed by atoms with Gasteiger partial charge in [0.05, 0.1) is 11.4 Å². The van der Waals surface area contributed by atoms with Crippen molar-refractivity contribution in [2.45, 2.75) is 11.3 Å². The summed E-state index contributed by atoms with van der Waals surface area (Å²) in [7, 11) is -3.21. The molecule has 0 saturated heterocycles. The Hall–Kier alpha value is -1.45. The van der Waals surface area contributed by atoms with Gasteiger partial charge in [-0.3, -0.25) is 0 Å². The maximum Gasteiger partial charge on any atom is 0.234 e. The maximum atomic E-state index is 11.4. The second kappa shape index (κ2) is 4.87. The van der Waals surface area contributed by atoms with Crippen molar-refractivity contribution in [1.82, 2.24) is 0 Å². The summed E-state index contributed by atoms with van der Waals surface area (Å²) in [6.45, 7) is 0.260. The minimum atomic E-state index is -3.21. The van der Waals surface area contributed by atoms with Gasteiger partial charge in [0.1, 0.15) is 0 Å². The van der Waals surface area contributed by atoms with E-state index in [-0.39, 0.29) is 6.54 Å². The zero-order valence-corrected chi connectivity index (χ0v) is 9.12. The van der Waals surface area contributed by atoms with Crippen molar-refractivity contribution in [2.24, 2.45) is 4.99 Å². The van der Waals surface area contributed by atoms with Crippen LogP contribution in [-0.4, -0.2) is 27.3 Å². The van der Waals surface area contributed by atoms with Gasteiger partial charge in [-0.1, -0.05) is 18.2 Å². The van der Waals surface area contributed by atoms with E-state index in [1.807, 2.05) is 0 Å². The quantitative estimate of drug-likeness (QED) is 0.566. The van der Waals surface area contributed by atoms with Crippen LogP contribution < -0.4 is 0 Å². The average molecular weight is 225 g/mol. The number of carbonyl (C=O) groups excluding carboxylic acids is 1. The number of hydrogen-bond donors (Lipinski definition) is 0. The summed E-state index contributed by atoms with van der Waals surface area (Å²) in [5.74, 6) is 0. The molecule has 0 N–H and O–H groups in total. The van der Waals surface area contributed by atoms with Crippen molar-refractivity contribution >= 4 is 15.9 Å². The Kier molecular flexibility index (Phi) is 3.77. The number of benzene rings is 1. The summed E-state index contributed by atoms with van der Waals surface area (Å²) in [5, 5.41) is 0. The van der Waals surface area contributed by atoms with Gasteiger partial charge in [0.15, 0.2) is 9.84 Å². The molecule has 0 amide bonds. The van der Waals surface area contributed by atoms with Gasteiger partial charge in [0.2, 0.25) is 6.08 Å². The molecule has 0 spiro atoms. The normalized spacial score (nSPS) is 10.7. The second-order valence-corrected chi connectivity index (χ2v) is 5.09. The number of hydrogen-bond acceptors (Lipinski definition) is 4. The molecule has 0 radical (unpaired) electrons. The molecule has 4 nitrogen and oxygen atoms in total. The third kappa shape index (κ3) is 3.31. The fourth-order valence-corrected chi connectivity index (χ4v) is 2.27. The first-order valence-electron chi connectivity index (χ1n) is 4.37. The first kappa shape index (κ1) is 11.6. The Morgan fingerprint density at radius 2 is 2.00 bits per heavy atom. The Balaban J connectivity index is 3.02. The van der Waals surface area contributed by atoms with Gasteiger partial charge in [0, 0.05) is 6.26 Å². The van der Waals surface area contributed by atoms with Crippen LogP contribution in [0.3, 0.4) is 0 Å². The number of isocyanates is 1. The van der Waals surface area contributed by atoms with E-state index in [9.17, 15) is 13.2 Å². The maximum absolute atomic E-state index is 11.4. The predicted octanol–water partition coefficient (Wildman–Crippen LogP) is 0.968. The molecule has 0 aliphatic heterocycles. The van der Waals surface area contributed by atoms with Crippen molar-refractivity contribution in [3.8, 4) is 0 Å². The Morgan fingerprint density at radius 3 is 2.60 bits per heavy atom. The first-order chi connectivity index (χ1) is 7.05. The van der Waals surface area contributed by atoms with E-state index >= 15 is 0 Å². The highest BCUT2D eigenvalue weighted by Gasteiger charge is 2.11. The predicted molar refractivity (Wildman–Crippen MR) is 56.2 cm³/mol. The summed E-state index contributed by atoms with van der Waals surface area (Å²) in [6.07, 6.45) is 3.01. The summed E-state index contributed by atoms with van der Waals surface area (Å²) in [5.41, 5.74) is 0.680. The van der Waals surface area contributed by atoms with E-state index in [4.69, 9.17) is 0 Å². The summed E-state index contributed by atoms with van der Waals surface area (Å²) < 4.78 is 22.8. The third-order valence-electron chi connectivity index (χ3n) is 1.93. The fraction of sp³-hybridized carbons (Fsp3) is 0.300. The minimum Gasteiger partial charge on any atom is -0.224 e. The number of nitrogens with zero attached hydrogens (tertiary/aromatic N) is 1. The van der Waals surface area contributed by atoms with E-state index in [1.54, 1.807) is 24.3 Å². The molecule has 1 aromatic carbocycles. The molecular weight excluding hydrogens is 214 g/mol. The highest BCUT2D eigenvalue weighted by atomic mass is 32.2. The van der Waals surface area contributed by atoms with Crippen LogP contribution in [0, 0.1) is 0 Å². The van der Waals surface area contributed by atoms with Crippen LogP contribution >= 0.6 is 0 Å². The van der Waals surface area contributed by atoms with Crippen molar-refractivity contribution < 1.29 is 13.2 Å². The molecule has 0 aromatic heterocycles. The molecular formula is C10H11NO3S. The van der Waals surface area contributed by atoms with Crippen LogP contribution in [0.5, 0.6) is 0 Å². The zero-order valence-electron chi connectivity index (χ0n) is 8.30. The van der Waals surface area contributed by atoms with E-state index < -0.39 is 9.84 Å². The lowest BCUT2D eigenvalue weighted by molar-refractivity contribution is 0.563. The van der Waals surface area contributed by atoms with Crippen LogP contribution in [-0.2, 0) is 21.1 Å². The van der Waals surface area contributed by atoms with Crippen LogP contribution in [0.4, 0.5) is 0 Å². The molecule has 0 heterocycles. The van der Waals surface area contributed by atoms with Crippen LogP contribution in [0.15, 0.2) is 34.2 Å². The van der Waals surface area contributed by atoms with Gasteiger partial charge in [0.25, 0.3) is 0 Å². The van der Waals surface area contributed by atoms with E-state index in [1.165, 1.54) is 6.08 Å². The monoisotopic (exact) mass is 225 g/mol. The van der Waals surface area contributed by atoms with Crippen molar-refractivity contribution in [2.75, 3.05) is 12.8 Å². The molecule has 0 aliphatic carbocycles. The highest BCUT2D eigenvalue weighted by Crippen LogP contribution is 2.15. The topological polar surface area (TPSA) is 63.6 Å². The standard InChI is InChI=1S/C10H11NO3S/c1-15(13,14)10-5-3-2-4-9(10)6-7-11-8-12/h2-5H,6-7H2,1H3. The molecule has 1 aromatic rings. The second-order valence-electron chi connectivity index (χ2n) is 3.10. The molecule has 0 aliphatic rings. The zero-order chi connectivity index (χ0) is 11.3. The van der Waals surface area contributed by atoms with Gasteiger partial charge < -0.3 is 0 Å². The van der Waals surface area contributed by atoms with Crippen molar-refractivity contribution in [1.29, 1.82) is 0 Å². The number of rotatable bonds is 4. The summed E-state index contributed by atoms with van der Waals surface area (Å²) in [4.78, 5) is 13.6. The number of sulfone groups is 1. The van der Waals surface area contributed by atoms with E-state index in [2.05, 4.69) is 4.99 Å². The molecule has 1 rings (SSSR count). The molecule has 0 fully saturated rings. The van der Waals surface area contributed by atoms with Gasteiger partial charge in [-0.25, -0.2) is 18.2 Å². The van der Waals surface area contributed by atoms with E-state index in [0.29, 0.717) is 16.9 Å². The fourth-order valence-electron chi connectivity index (χ4n) is 1.29. The summed E-state index contributed by atoms with van der Waals surface area (Å²) >= 11 is 0. The SMILES string of the molecule is CS(=O)(=O)c1ccccc1CCN=C=O. The molecule has 15 heavy (non-hydrogen) atoms. The van der Waals surface area contributed by atoms with Gasteiger partial charge in [-0.05, 0) is 18.1 Å². The first-order valence-corrected chi connectivity index (χ1v) is 6.26. The highest BCUT2D eigenvalue weighted by molar-refractivity contribution is 7.90. The smallest absolute Gasteiger partial charge is 0.224 e. The Morgan fingerprint density at radius 1 is 1.33 bits per heavy atom. The van der Waals surface area contributed by atoms with Crippen molar-refractivity contribution in [3.63, 3.8) is 0 Å². The molecule has 80 valence electrons. The molecule has 0 bridgehead atoms.